The highest BCUT2D eigenvalue weighted by molar-refractivity contribution is 5.78. The van der Waals surface area contributed by atoms with E-state index in [4.69, 9.17) is 4.74 Å². The zero-order valence-electron chi connectivity index (χ0n) is 12.7. The van der Waals surface area contributed by atoms with Gasteiger partial charge in [0.25, 0.3) is 5.56 Å². The summed E-state index contributed by atoms with van der Waals surface area (Å²) in [6.07, 6.45) is 6.15. The van der Waals surface area contributed by atoms with Crippen LogP contribution in [0.25, 0.3) is 10.9 Å². The van der Waals surface area contributed by atoms with Gasteiger partial charge in [0.05, 0.1) is 23.8 Å². The SMILES string of the molecule is Cc1nccn1CCCOc1ccc2ncn(C)c(=O)c2c1. The summed E-state index contributed by atoms with van der Waals surface area (Å²) in [6.45, 7) is 3.43. The Bertz CT molecular complexity index is 851. The van der Waals surface area contributed by atoms with E-state index in [1.54, 1.807) is 19.3 Å². The molecule has 3 aromatic rings. The second-order valence-corrected chi connectivity index (χ2v) is 5.21. The summed E-state index contributed by atoms with van der Waals surface area (Å²) >= 11 is 0. The lowest BCUT2D eigenvalue weighted by Crippen LogP contribution is -2.16. The molecule has 0 aliphatic heterocycles. The Labute approximate surface area is 128 Å². The number of hydrogen-bond donors (Lipinski definition) is 0. The molecular formula is C16H18N4O2. The molecule has 0 saturated carbocycles. The molecule has 1 aromatic carbocycles. The van der Waals surface area contributed by atoms with Gasteiger partial charge in [-0.2, -0.15) is 0 Å². The summed E-state index contributed by atoms with van der Waals surface area (Å²) in [7, 11) is 1.69. The van der Waals surface area contributed by atoms with E-state index in [0.717, 1.165) is 18.8 Å². The number of aromatic nitrogens is 4. The molecule has 0 saturated heterocycles. The van der Waals surface area contributed by atoms with Gasteiger partial charge >= 0.3 is 0 Å². The number of imidazole rings is 1. The predicted molar refractivity (Wildman–Crippen MR) is 84.1 cm³/mol. The smallest absolute Gasteiger partial charge is 0.261 e. The molecule has 114 valence electrons. The highest BCUT2D eigenvalue weighted by atomic mass is 16.5. The van der Waals surface area contributed by atoms with Crippen molar-refractivity contribution in [1.29, 1.82) is 0 Å². The monoisotopic (exact) mass is 298 g/mol. The van der Waals surface area contributed by atoms with Gasteiger partial charge in [0, 0.05) is 26.0 Å². The standard InChI is InChI=1S/C16H18N4O2/c1-12-17-6-8-20(12)7-3-9-22-13-4-5-15-14(10-13)16(21)19(2)11-18-15/h4-6,8,10-11H,3,7,9H2,1-2H3. The van der Waals surface area contributed by atoms with Crippen molar-refractivity contribution >= 4 is 10.9 Å². The third-order valence-corrected chi connectivity index (χ3v) is 3.62. The Balaban J connectivity index is 1.65. The number of fused-ring (bicyclic) bond motifs is 1. The molecule has 0 aliphatic rings. The van der Waals surface area contributed by atoms with Gasteiger partial charge in [-0.3, -0.25) is 4.79 Å². The Hall–Kier alpha value is -2.63. The van der Waals surface area contributed by atoms with Crippen LogP contribution >= 0.6 is 0 Å². The molecule has 0 atom stereocenters. The Kier molecular flexibility index (Phi) is 3.91. The van der Waals surface area contributed by atoms with Gasteiger partial charge in [-0.1, -0.05) is 0 Å². The second kappa shape index (κ2) is 6.01. The van der Waals surface area contributed by atoms with Gasteiger partial charge in [-0.15, -0.1) is 0 Å². The van der Waals surface area contributed by atoms with Crippen molar-refractivity contribution in [3.63, 3.8) is 0 Å². The lowest BCUT2D eigenvalue weighted by atomic mass is 10.2. The minimum atomic E-state index is -0.0653. The molecule has 0 radical (unpaired) electrons. The Morgan fingerprint density at radius 3 is 2.91 bits per heavy atom. The maximum Gasteiger partial charge on any atom is 0.261 e. The van der Waals surface area contributed by atoms with Crippen molar-refractivity contribution in [2.75, 3.05) is 6.61 Å². The van der Waals surface area contributed by atoms with Gasteiger partial charge in [0.1, 0.15) is 11.6 Å². The fourth-order valence-electron chi connectivity index (χ4n) is 2.35. The van der Waals surface area contributed by atoms with E-state index in [9.17, 15) is 4.79 Å². The van der Waals surface area contributed by atoms with Crippen LogP contribution in [-0.2, 0) is 13.6 Å². The van der Waals surface area contributed by atoms with E-state index in [2.05, 4.69) is 14.5 Å². The molecule has 0 N–H and O–H groups in total. The van der Waals surface area contributed by atoms with E-state index in [1.807, 2.05) is 25.3 Å². The number of hydrogen-bond acceptors (Lipinski definition) is 4. The van der Waals surface area contributed by atoms with Gasteiger partial charge < -0.3 is 13.9 Å². The van der Waals surface area contributed by atoms with E-state index >= 15 is 0 Å². The van der Waals surface area contributed by atoms with E-state index < -0.39 is 0 Å². The lowest BCUT2D eigenvalue weighted by Gasteiger charge is -2.08. The molecule has 6 nitrogen and oxygen atoms in total. The average Bonchev–Trinajstić information content (AvgIpc) is 2.93. The van der Waals surface area contributed by atoms with Crippen molar-refractivity contribution in [2.45, 2.75) is 19.9 Å². The minimum absolute atomic E-state index is 0.0653. The molecule has 0 fully saturated rings. The van der Waals surface area contributed by atoms with Crippen LogP contribution in [0.4, 0.5) is 0 Å². The molecule has 2 heterocycles. The molecule has 6 heteroatoms. The van der Waals surface area contributed by atoms with Crippen LogP contribution in [0, 0.1) is 6.92 Å². The summed E-state index contributed by atoms with van der Waals surface area (Å²) in [5, 5.41) is 0.577. The van der Waals surface area contributed by atoms with E-state index in [-0.39, 0.29) is 5.56 Å². The average molecular weight is 298 g/mol. The Morgan fingerprint density at radius 1 is 1.27 bits per heavy atom. The van der Waals surface area contributed by atoms with Crippen LogP contribution in [0.15, 0.2) is 41.7 Å². The van der Waals surface area contributed by atoms with Crippen molar-refractivity contribution in [3.8, 4) is 5.75 Å². The molecule has 0 spiro atoms. The second-order valence-electron chi connectivity index (χ2n) is 5.21. The molecule has 0 unspecified atom stereocenters. The number of rotatable bonds is 5. The summed E-state index contributed by atoms with van der Waals surface area (Å²) in [4.78, 5) is 20.5. The summed E-state index contributed by atoms with van der Waals surface area (Å²) in [5.41, 5.74) is 0.619. The molecule has 22 heavy (non-hydrogen) atoms. The van der Waals surface area contributed by atoms with Gasteiger partial charge in [-0.25, -0.2) is 9.97 Å². The highest BCUT2D eigenvalue weighted by Gasteiger charge is 2.04. The summed E-state index contributed by atoms with van der Waals surface area (Å²) in [6, 6.07) is 5.41. The summed E-state index contributed by atoms with van der Waals surface area (Å²) in [5.74, 6) is 1.69. The van der Waals surface area contributed by atoms with Crippen molar-refractivity contribution in [3.05, 3.63) is 53.1 Å². The van der Waals surface area contributed by atoms with Crippen LogP contribution in [0.5, 0.6) is 5.75 Å². The first-order valence-corrected chi connectivity index (χ1v) is 7.21. The Morgan fingerprint density at radius 2 is 2.14 bits per heavy atom. The first kappa shape index (κ1) is 14.3. The summed E-state index contributed by atoms with van der Waals surface area (Å²) < 4.78 is 9.29. The third kappa shape index (κ3) is 2.86. The predicted octanol–water partition coefficient (Wildman–Crippen LogP) is 1.91. The number of benzene rings is 1. The fraction of sp³-hybridized carbons (Fsp3) is 0.312. The van der Waals surface area contributed by atoms with Crippen LogP contribution in [0.1, 0.15) is 12.2 Å². The molecule has 2 aromatic heterocycles. The highest BCUT2D eigenvalue weighted by Crippen LogP contribution is 2.16. The van der Waals surface area contributed by atoms with Gasteiger partial charge in [-0.05, 0) is 31.5 Å². The largest absolute Gasteiger partial charge is 0.494 e. The topological polar surface area (TPSA) is 61.9 Å². The van der Waals surface area contributed by atoms with Crippen molar-refractivity contribution < 1.29 is 4.74 Å². The van der Waals surface area contributed by atoms with Gasteiger partial charge in [0.2, 0.25) is 0 Å². The number of aryl methyl sites for hydroxylation is 3. The van der Waals surface area contributed by atoms with Crippen LogP contribution in [0.3, 0.4) is 0 Å². The normalized spacial score (nSPS) is 11.0. The fourth-order valence-corrected chi connectivity index (χ4v) is 2.35. The van der Waals surface area contributed by atoms with Crippen molar-refractivity contribution in [2.24, 2.45) is 7.05 Å². The quantitative estimate of drug-likeness (QED) is 0.675. The van der Waals surface area contributed by atoms with Crippen LogP contribution < -0.4 is 10.3 Å². The van der Waals surface area contributed by atoms with Crippen LogP contribution in [0.2, 0.25) is 0 Å². The first-order chi connectivity index (χ1) is 10.6. The molecule has 3 rings (SSSR count). The lowest BCUT2D eigenvalue weighted by molar-refractivity contribution is 0.301. The molecule has 0 aliphatic carbocycles. The van der Waals surface area contributed by atoms with E-state index in [0.29, 0.717) is 23.3 Å². The van der Waals surface area contributed by atoms with E-state index in [1.165, 1.54) is 10.9 Å². The molecule has 0 bridgehead atoms. The van der Waals surface area contributed by atoms with Gasteiger partial charge in [0.15, 0.2) is 0 Å². The zero-order chi connectivity index (χ0) is 15.5. The molecule has 0 amide bonds. The first-order valence-electron chi connectivity index (χ1n) is 7.21. The third-order valence-electron chi connectivity index (χ3n) is 3.62. The number of ether oxygens (including phenoxy) is 1. The maximum absolute atomic E-state index is 12.1. The number of nitrogens with zero attached hydrogens (tertiary/aromatic N) is 4. The van der Waals surface area contributed by atoms with Crippen LogP contribution in [-0.4, -0.2) is 25.7 Å². The zero-order valence-corrected chi connectivity index (χ0v) is 12.7. The van der Waals surface area contributed by atoms with Crippen molar-refractivity contribution in [1.82, 2.24) is 19.1 Å². The maximum atomic E-state index is 12.1. The minimum Gasteiger partial charge on any atom is -0.494 e. The molecular weight excluding hydrogens is 280 g/mol.